The maximum atomic E-state index is 6.63. The van der Waals surface area contributed by atoms with E-state index in [-0.39, 0.29) is 5.41 Å². The molecule has 2 heteroatoms. The average molecular weight is 704 g/mol. The van der Waals surface area contributed by atoms with Crippen LogP contribution in [0.5, 0.6) is 0 Å². The van der Waals surface area contributed by atoms with E-state index >= 15 is 0 Å². The molecule has 260 valence electrons. The van der Waals surface area contributed by atoms with Gasteiger partial charge in [0.15, 0.2) is 0 Å². The summed E-state index contributed by atoms with van der Waals surface area (Å²) in [4.78, 5) is 2.43. The van der Waals surface area contributed by atoms with E-state index in [1.165, 1.54) is 60.6 Å². The van der Waals surface area contributed by atoms with Gasteiger partial charge in [-0.2, -0.15) is 0 Å². The lowest BCUT2D eigenvalue weighted by atomic mass is 9.82. The quantitative estimate of drug-likeness (QED) is 0.177. The molecule has 11 rings (SSSR count). The van der Waals surface area contributed by atoms with E-state index in [0.717, 1.165) is 44.4 Å². The molecular weight excluding hydrogens is 667 g/mol. The Hall–Kier alpha value is -6.90. The first kappa shape index (κ1) is 31.6. The molecule has 1 aliphatic rings. The molecule has 0 spiro atoms. The maximum Gasteiger partial charge on any atom is 0.143 e. The Balaban J connectivity index is 1.06. The zero-order valence-corrected chi connectivity index (χ0v) is 30.8. The smallest absolute Gasteiger partial charge is 0.143 e. The third kappa shape index (κ3) is 4.88. The van der Waals surface area contributed by atoms with Crippen LogP contribution in [0.15, 0.2) is 192 Å². The van der Waals surface area contributed by atoms with Crippen molar-refractivity contribution in [3.8, 4) is 33.4 Å². The molecular formula is C53H37NO. The van der Waals surface area contributed by atoms with Gasteiger partial charge in [-0.25, -0.2) is 0 Å². The van der Waals surface area contributed by atoms with Crippen LogP contribution < -0.4 is 4.90 Å². The van der Waals surface area contributed by atoms with Crippen LogP contribution in [0.25, 0.3) is 76.9 Å². The molecule has 0 unspecified atom stereocenters. The molecule has 0 N–H and O–H groups in total. The molecule has 0 saturated carbocycles. The Bertz CT molecular complexity index is 3110. The highest BCUT2D eigenvalue weighted by atomic mass is 16.3. The predicted octanol–water partition coefficient (Wildman–Crippen LogP) is 15.0. The summed E-state index contributed by atoms with van der Waals surface area (Å²) in [6, 6.07) is 68.4. The van der Waals surface area contributed by atoms with Gasteiger partial charge in [-0.3, -0.25) is 0 Å². The van der Waals surface area contributed by atoms with E-state index in [1.54, 1.807) is 0 Å². The number of fused-ring (bicyclic) bond motifs is 8. The zero-order valence-electron chi connectivity index (χ0n) is 30.8. The van der Waals surface area contributed by atoms with Crippen molar-refractivity contribution in [2.75, 3.05) is 4.90 Å². The summed E-state index contributed by atoms with van der Waals surface area (Å²) >= 11 is 0. The van der Waals surface area contributed by atoms with Gasteiger partial charge in [-0.15, -0.1) is 0 Å². The Morgan fingerprint density at radius 1 is 0.418 bits per heavy atom. The highest BCUT2D eigenvalue weighted by molar-refractivity contribution is 6.13. The van der Waals surface area contributed by atoms with Gasteiger partial charge in [0.25, 0.3) is 0 Å². The van der Waals surface area contributed by atoms with Gasteiger partial charge >= 0.3 is 0 Å². The van der Waals surface area contributed by atoms with E-state index in [2.05, 4.69) is 207 Å². The first-order chi connectivity index (χ1) is 27.0. The third-order valence-electron chi connectivity index (χ3n) is 11.9. The fourth-order valence-electron chi connectivity index (χ4n) is 9.12. The SMILES string of the molecule is CC1(C)c2ccccc2-c2c(N(c3ccc(-c4cccc5ccccc45)cc3)c3ccc(-c4cccc5c4oc4cc6ccccc6cc45)cc3)cccc21. The molecule has 0 aliphatic heterocycles. The second-order valence-corrected chi connectivity index (χ2v) is 15.3. The van der Waals surface area contributed by atoms with E-state index in [4.69, 9.17) is 4.42 Å². The van der Waals surface area contributed by atoms with Gasteiger partial charge in [-0.1, -0.05) is 159 Å². The normalized spacial score (nSPS) is 13.1. The number of rotatable bonds is 5. The first-order valence-electron chi connectivity index (χ1n) is 19.1. The number of furan rings is 1. The Morgan fingerprint density at radius 3 is 1.75 bits per heavy atom. The van der Waals surface area contributed by atoms with Crippen molar-refractivity contribution in [2.45, 2.75) is 19.3 Å². The van der Waals surface area contributed by atoms with Crippen molar-refractivity contribution in [3.63, 3.8) is 0 Å². The second kappa shape index (κ2) is 12.1. The minimum atomic E-state index is -0.104. The summed E-state index contributed by atoms with van der Waals surface area (Å²) < 4.78 is 6.63. The molecule has 2 nitrogen and oxygen atoms in total. The summed E-state index contributed by atoms with van der Waals surface area (Å²) in [6.07, 6.45) is 0. The molecule has 0 atom stereocenters. The Labute approximate surface area is 320 Å². The molecule has 0 bridgehead atoms. The molecule has 0 radical (unpaired) electrons. The summed E-state index contributed by atoms with van der Waals surface area (Å²) in [5, 5.41) is 7.19. The van der Waals surface area contributed by atoms with Gasteiger partial charge in [0.05, 0.1) is 5.69 Å². The van der Waals surface area contributed by atoms with Crippen molar-refractivity contribution >= 4 is 60.5 Å². The van der Waals surface area contributed by atoms with Gasteiger partial charge < -0.3 is 9.32 Å². The van der Waals surface area contributed by atoms with Crippen LogP contribution in [-0.4, -0.2) is 0 Å². The monoisotopic (exact) mass is 703 g/mol. The number of benzene rings is 9. The van der Waals surface area contributed by atoms with Gasteiger partial charge in [0, 0.05) is 38.7 Å². The van der Waals surface area contributed by atoms with E-state index in [9.17, 15) is 0 Å². The second-order valence-electron chi connectivity index (χ2n) is 15.3. The van der Waals surface area contributed by atoms with Crippen LogP contribution >= 0.6 is 0 Å². The maximum absolute atomic E-state index is 6.63. The summed E-state index contributed by atoms with van der Waals surface area (Å²) in [5.74, 6) is 0. The van der Waals surface area contributed by atoms with Crippen molar-refractivity contribution in [2.24, 2.45) is 0 Å². The molecule has 0 saturated heterocycles. The molecule has 55 heavy (non-hydrogen) atoms. The number of nitrogens with zero attached hydrogens (tertiary/aromatic N) is 1. The molecule has 9 aromatic carbocycles. The molecule has 1 aromatic heterocycles. The highest BCUT2D eigenvalue weighted by Gasteiger charge is 2.37. The number of anilines is 3. The Kier molecular flexibility index (Phi) is 6.93. The van der Waals surface area contributed by atoms with Gasteiger partial charge in [-0.05, 0) is 97.4 Å². The summed E-state index contributed by atoms with van der Waals surface area (Å²) in [6.45, 7) is 4.70. The number of hydrogen-bond acceptors (Lipinski definition) is 2. The number of para-hydroxylation sites is 1. The summed E-state index contributed by atoms with van der Waals surface area (Å²) in [5.41, 5.74) is 15.1. The minimum absolute atomic E-state index is 0.104. The zero-order chi connectivity index (χ0) is 36.7. The van der Waals surface area contributed by atoms with E-state index in [0.29, 0.717) is 0 Å². The van der Waals surface area contributed by atoms with Gasteiger partial charge in [0.2, 0.25) is 0 Å². The Morgan fingerprint density at radius 2 is 0.964 bits per heavy atom. The highest BCUT2D eigenvalue weighted by Crippen LogP contribution is 2.54. The van der Waals surface area contributed by atoms with Crippen molar-refractivity contribution in [3.05, 3.63) is 199 Å². The minimum Gasteiger partial charge on any atom is -0.455 e. The van der Waals surface area contributed by atoms with Crippen molar-refractivity contribution in [1.29, 1.82) is 0 Å². The number of hydrogen-bond donors (Lipinski definition) is 0. The van der Waals surface area contributed by atoms with Crippen LogP contribution in [0.1, 0.15) is 25.0 Å². The van der Waals surface area contributed by atoms with E-state index < -0.39 is 0 Å². The van der Waals surface area contributed by atoms with Crippen LogP contribution in [0.4, 0.5) is 17.1 Å². The first-order valence-corrected chi connectivity index (χ1v) is 19.1. The largest absolute Gasteiger partial charge is 0.455 e. The predicted molar refractivity (Wildman–Crippen MR) is 232 cm³/mol. The van der Waals surface area contributed by atoms with E-state index in [1.807, 2.05) is 0 Å². The standard InChI is InChI=1S/C53H37NO/c1-53(2)47-21-8-7-17-45(47)51-48(53)22-11-23-49(51)54(39-28-24-35(25-29-39)42-18-9-15-34-12-5-6-16-41(34)42)40-30-26-36(27-31-40)43-19-10-20-44-46-32-37-13-3-4-14-38(37)33-50(46)55-52(43)44/h3-33H,1-2H3. The van der Waals surface area contributed by atoms with Gasteiger partial charge in [0.1, 0.15) is 11.2 Å². The lowest BCUT2D eigenvalue weighted by molar-refractivity contribution is 0.660. The average Bonchev–Trinajstić information content (AvgIpc) is 3.72. The van der Waals surface area contributed by atoms with Crippen LogP contribution in [-0.2, 0) is 5.41 Å². The summed E-state index contributed by atoms with van der Waals surface area (Å²) in [7, 11) is 0. The molecule has 1 heterocycles. The molecule has 0 fully saturated rings. The molecule has 0 amide bonds. The topological polar surface area (TPSA) is 16.4 Å². The lowest BCUT2D eigenvalue weighted by Crippen LogP contribution is -2.16. The van der Waals surface area contributed by atoms with Crippen LogP contribution in [0, 0.1) is 0 Å². The fraction of sp³-hybridized carbons (Fsp3) is 0.0566. The van der Waals surface area contributed by atoms with Crippen LogP contribution in [0.3, 0.4) is 0 Å². The lowest BCUT2D eigenvalue weighted by Gasteiger charge is -2.29. The third-order valence-corrected chi connectivity index (χ3v) is 11.9. The fourth-order valence-corrected chi connectivity index (χ4v) is 9.12. The molecule has 1 aliphatic carbocycles. The van der Waals surface area contributed by atoms with Crippen molar-refractivity contribution < 1.29 is 4.42 Å². The molecule has 10 aromatic rings. The van der Waals surface area contributed by atoms with Crippen molar-refractivity contribution in [1.82, 2.24) is 0 Å². The van der Waals surface area contributed by atoms with Crippen LogP contribution in [0.2, 0.25) is 0 Å².